The first-order valence-corrected chi connectivity index (χ1v) is 10.2. The number of urea groups is 1. The number of carbonyl (C=O) groups is 1. The zero-order valence-corrected chi connectivity index (χ0v) is 16.2. The van der Waals surface area contributed by atoms with E-state index in [0.29, 0.717) is 18.9 Å². The lowest BCUT2D eigenvalue weighted by atomic mass is 10.1. The van der Waals surface area contributed by atoms with Crippen LogP contribution in [0.1, 0.15) is 11.1 Å². The Hall–Kier alpha value is -2.58. The molecule has 0 bridgehead atoms. The van der Waals surface area contributed by atoms with E-state index in [1.165, 1.54) is 12.1 Å². The Morgan fingerprint density at radius 1 is 1.04 bits per heavy atom. The molecule has 0 atom stereocenters. The maximum Gasteiger partial charge on any atom is 0.333 e. The number of morpholine rings is 1. The maximum absolute atomic E-state index is 12.3. The van der Waals surface area contributed by atoms with Gasteiger partial charge >= 0.3 is 6.03 Å². The van der Waals surface area contributed by atoms with Crippen molar-refractivity contribution in [3.63, 3.8) is 0 Å². The summed E-state index contributed by atoms with van der Waals surface area (Å²) < 4.78 is 32.1. The lowest BCUT2D eigenvalue weighted by Crippen LogP contribution is -2.36. The quantitative estimate of drug-likeness (QED) is 0.839. The van der Waals surface area contributed by atoms with Crippen molar-refractivity contribution in [1.82, 2.24) is 4.72 Å². The van der Waals surface area contributed by atoms with Crippen LogP contribution in [0.4, 0.5) is 16.2 Å². The van der Waals surface area contributed by atoms with Crippen molar-refractivity contribution in [2.75, 3.05) is 36.5 Å². The molecule has 2 N–H and O–H groups in total. The molecule has 2 aromatic rings. The molecule has 144 valence electrons. The summed E-state index contributed by atoms with van der Waals surface area (Å²) >= 11 is 0. The molecule has 2 amide bonds. The second-order valence-electron chi connectivity index (χ2n) is 6.47. The summed E-state index contributed by atoms with van der Waals surface area (Å²) in [5.41, 5.74) is 3.31. The molecule has 0 aromatic heterocycles. The zero-order valence-electron chi connectivity index (χ0n) is 15.4. The molecule has 1 fully saturated rings. The first kappa shape index (κ1) is 19.2. The summed E-state index contributed by atoms with van der Waals surface area (Å²) in [6.07, 6.45) is 0. The van der Waals surface area contributed by atoms with Crippen molar-refractivity contribution in [2.45, 2.75) is 18.7 Å². The molecule has 0 unspecified atom stereocenters. The fraction of sp³-hybridized carbons (Fsp3) is 0.316. The van der Waals surface area contributed by atoms with Gasteiger partial charge < -0.3 is 15.0 Å². The molecule has 0 radical (unpaired) electrons. The predicted octanol–water partition coefficient (Wildman–Crippen LogP) is 2.65. The van der Waals surface area contributed by atoms with E-state index in [4.69, 9.17) is 4.74 Å². The van der Waals surface area contributed by atoms with E-state index < -0.39 is 16.1 Å². The number of anilines is 2. The van der Waals surface area contributed by atoms with Gasteiger partial charge in [-0.05, 0) is 43.7 Å². The van der Waals surface area contributed by atoms with Gasteiger partial charge in [0.15, 0.2) is 0 Å². The molecule has 7 nitrogen and oxygen atoms in total. The number of nitrogens with one attached hydrogen (secondary N) is 2. The van der Waals surface area contributed by atoms with Crippen LogP contribution in [0.2, 0.25) is 0 Å². The van der Waals surface area contributed by atoms with Crippen molar-refractivity contribution in [2.24, 2.45) is 0 Å². The first-order valence-electron chi connectivity index (χ1n) is 8.69. The molecule has 8 heteroatoms. The van der Waals surface area contributed by atoms with Gasteiger partial charge in [0.05, 0.1) is 18.1 Å². The third-order valence-corrected chi connectivity index (χ3v) is 5.75. The highest BCUT2D eigenvalue weighted by Crippen LogP contribution is 2.24. The number of nitrogens with zero attached hydrogens (tertiary/aromatic N) is 1. The molecule has 1 saturated heterocycles. The van der Waals surface area contributed by atoms with E-state index in [0.717, 1.165) is 29.9 Å². The summed E-state index contributed by atoms with van der Waals surface area (Å²) in [6, 6.07) is 11.2. The van der Waals surface area contributed by atoms with E-state index in [-0.39, 0.29) is 4.90 Å². The monoisotopic (exact) mass is 389 g/mol. The molecule has 2 aromatic carbocycles. The highest BCUT2D eigenvalue weighted by atomic mass is 32.2. The molecule has 27 heavy (non-hydrogen) atoms. The van der Waals surface area contributed by atoms with Crippen LogP contribution in [0.3, 0.4) is 0 Å². The Morgan fingerprint density at radius 2 is 1.70 bits per heavy atom. The zero-order chi connectivity index (χ0) is 19.4. The highest BCUT2D eigenvalue weighted by Gasteiger charge is 2.18. The van der Waals surface area contributed by atoms with Crippen molar-refractivity contribution >= 4 is 27.4 Å². The summed E-state index contributed by atoms with van der Waals surface area (Å²) in [5, 5.41) is 2.64. The van der Waals surface area contributed by atoms with E-state index in [1.807, 2.05) is 32.0 Å². The van der Waals surface area contributed by atoms with Gasteiger partial charge in [0, 0.05) is 24.5 Å². The molecular weight excluding hydrogens is 366 g/mol. The number of amides is 2. The molecule has 0 aliphatic carbocycles. The summed E-state index contributed by atoms with van der Waals surface area (Å²) in [7, 11) is -3.93. The third kappa shape index (κ3) is 4.78. The SMILES string of the molecule is Cc1ccc(S(=O)(=O)NC(=O)Nc2cc(N3CCOCC3)ccc2C)cc1. The van der Waals surface area contributed by atoms with E-state index in [9.17, 15) is 13.2 Å². The molecule has 0 saturated carbocycles. The van der Waals surface area contributed by atoms with Crippen LogP contribution in [0.5, 0.6) is 0 Å². The van der Waals surface area contributed by atoms with Gasteiger partial charge in [0.2, 0.25) is 0 Å². The van der Waals surface area contributed by atoms with E-state index >= 15 is 0 Å². The average Bonchev–Trinajstić information content (AvgIpc) is 2.64. The number of ether oxygens (including phenoxy) is 1. The van der Waals surface area contributed by atoms with Crippen LogP contribution in [0.15, 0.2) is 47.4 Å². The minimum atomic E-state index is -3.93. The molecule has 1 heterocycles. The van der Waals surface area contributed by atoms with Crippen molar-refractivity contribution < 1.29 is 17.9 Å². The first-order chi connectivity index (χ1) is 12.8. The Morgan fingerprint density at radius 3 is 2.37 bits per heavy atom. The lowest BCUT2D eigenvalue weighted by molar-refractivity contribution is 0.122. The van der Waals surface area contributed by atoms with Crippen LogP contribution in [0.25, 0.3) is 0 Å². The van der Waals surface area contributed by atoms with Crippen molar-refractivity contribution in [3.05, 3.63) is 53.6 Å². The van der Waals surface area contributed by atoms with Crippen molar-refractivity contribution in [1.29, 1.82) is 0 Å². The largest absolute Gasteiger partial charge is 0.378 e. The molecule has 0 spiro atoms. The van der Waals surface area contributed by atoms with Crippen LogP contribution < -0.4 is 14.9 Å². The maximum atomic E-state index is 12.3. The Bertz CT molecular complexity index is 920. The summed E-state index contributed by atoms with van der Waals surface area (Å²) in [4.78, 5) is 14.5. The van der Waals surface area contributed by atoms with E-state index in [2.05, 4.69) is 14.9 Å². The van der Waals surface area contributed by atoms with Gasteiger partial charge in [-0.25, -0.2) is 17.9 Å². The minimum absolute atomic E-state index is 0.0436. The van der Waals surface area contributed by atoms with Gasteiger partial charge in [0.1, 0.15) is 0 Å². The van der Waals surface area contributed by atoms with Crippen LogP contribution in [-0.2, 0) is 14.8 Å². The number of sulfonamides is 1. The lowest BCUT2D eigenvalue weighted by Gasteiger charge is -2.29. The normalized spacial score (nSPS) is 14.7. The number of carbonyl (C=O) groups excluding carboxylic acids is 1. The number of rotatable bonds is 4. The Balaban J connectivity index is 1.72. The molecular formula is C19H23N3O4S. The minimum Gasteiger partial charge on any atom is -0.378 e. The summed E-state index contributed by atoms with van der Waals surface area (Å²) in [6.45, 7) is 6.58. The number of aryl methyl sites for hydroxylation is 2. The molecule has 1 aliphatic heterocycles. The van der Waals surface area contributed by atoms with Crippen LogP contribution in [0, 0.1) is 13.8 Å². The van der Waals surface area contributed by atoms with Crippen LogP contribution in [-0.4, -0.2) is 40.8 Å². The van der Waals surface area contributed by atoms with Gasteiger partial charge in [-0.2, -0.15) is 0 Å². The van der Waals surface area contributed by atoms with Gasteiger partial charge in [-0.15, -0.1) is 0 Å². The average molecular weight is 389 g/mol. The fourth-order valence-corrected chi connectivity index (χ4v) is 3.72. The second kappa shape index (κ2) is 7.98. The number of hydrogen-bond donors (Lipinski definition) is 2. The topological polar surface area (TPSA) is 87.7 Å². The van der Waals surface area contributed by atoms with E-state index in [1.54, 1.807) is 12.1 Å². The van der Waals surface area contributed by atoms with Crippen molar-refractivity contribution in [3.8, 4) is 0 Å². The standard InChI is InChI=1S/C19H23N3O4S/c1-14-3-7-17(8-4-14)27(24,25)21-19(23)20-18-13-16(6-5-15(18)2)22-9-11-26-12-10-22/h3-8,13H,9-12H2,1-2H3,(H2,20,21,23). The molecule has 1 aliphatic rings. The Labute approximate surface area is 159 Å². The Kier molecular flexibility index (Phi) is 5.67. The van der Waals surface area contributed by atoms with Gasteiger partial charge in [-0.3, -0.25) is 0 Å². The molecule has 3 rings (SSSR count). The predicted molar refractivity (Wildman–Crippen MR) is 105 cm³/mol. The van der Waals surface area contributed by atoms with Crippen LogP contribution >= 0.6 is 0 Å². The van der Waals surface area contributed by atoms with Gasteiger partial charge in [0.25, 0.3) is 10.0 Å². The summed E-state index contributed by atoms with van der Waals surface area (Å²) in [5.74, 6) is 0. The fourth-order valence-electron chi connectivity index (χ4n) is 2.81. The second-order valence-corrected chi connectivity index (χ2v) is 8.15. The highest BCUT2D eigenvalue weighted by molar-refractivity contribution is 7.90. The number of benzene rings is 2. The van der Waals surface area contributed by atoms with Gasteiger partial charge in [-0.1, -0.05) is 23.8 Å². The third-order valence-electron chi connectivity index (χ3n) is 4.40. The smallest absolute Gasteiger partial charge is 0.333 e. The number of hydrogen-bond acceptors (Lipinski definition) is 5.